The van der Waals surface area contributed by atoms with Crippen LogP contribution in [0.3, 0.4) is 0 Å². The van der Waals surface area contributed by atoms with Crippen LogP contribution in [0.25, 0.3) is 0 Å². The zero-order chi connectivity index (χ0) is 16.2. The summed E-state index contributed by atoms with van der Waals surface area (Å²) in [6, 6.07) is 17.3. The molecular weight excluding hydrogens is 369 g/mol. The van der Waals surface area contributed by atoms with E-state index in [9.17, 15) is 0 Å². The van der Waals surface area contributed by atoms with Crippen molar-refractivity contribution in [3.63, 3.8) is 0 Å². The highest BCUT2D eigenvalue weighted by molar-refractivity contribution is 8.00. The van der Waals surface area contributed by atoms with Crippen molar-refractivity contribution < 1.29 is 0 Å². The monoisotopic (exact) mass is 379 g/mol. The van der Waals surface area contributed by atoms with E-state index in [1.165, 1.54) is 0 Å². The fourth-order valence-electron chi connectivity index (χ4n) is 2.21. The molecule has 0 N–H and O–H groups in total. The molecule has 1 heterocycles. The van der Waals surface area contributed by atoms with E-state index in [1.807, 2.05) is 60.8 Å². The Morgan fingerprint density at radius 3 is 2.09 bits per heavy atom. The third-order valence-corrected chi connectivity index (χ3v) is 5.88. The van der Waals surface area contributed by atoms with Gasteiger partial charge < -0.3 is 0 Å². The Bertz CT molecular complexity index is 771. The second-order valence-corrected chi connectivity index (χ2v) is 7.25. The standard InChI is InChI=1S/C18H12Cl3NS/c19-14-8-6-12(7-9-14)17(13-3-2-10-22-11-13)23-18-15(20)4-1-5-16(18)21/h1-11,17H. The fraction of sp³-hybridized carbons (Fsp3) is 0.0556. The van der Waals surface area contributed by atoms with Gasteiger partial charge in [-0.3, -0.25) is 4.98 Å². The highest BCUT2D eigenvalue weighted by atomic mass is 35.5. The van der Waals surface area contributed by atoms with Crippen molar-refractivity contribution in [3.8, 4) is 0 Å². The molecule has 0 aliphatic rings. The van der Waals surface area contributed by atoms with Crippen molar-refractivity contribution in [2.75, 3.05) is 0 Å². The van der Waals surface area contributed by atoms with Crippen LogP contribution in [-0.2, 0) is 0 Å². The summed E-state index contributed by atoms with van der Waals surface area (Å²) in [6.45, 7) is 0. The molecule has 23 heavy (non-hydrogen) atoms. The van der Waals surface area contributed by atoms with Gasteiger partial charge in [0.15, 0.2) is 0 Å². The summed E-state index contributed by atoms with van der Waals surface area (Å²) < 4.78 is 0. The smallest absolute Gasteiger partial charge is 0.0610 e. The lowest BCUT2D eigenvalue weighted by Gasteiger charge is -2.19. The zero-order valence-electron chi connectivity index (χ0n) is 11.9. The fourth-order valence-corrected chi connectivity index (χ4v) is 4.17. The van der Waals surface area contributed by atoms with Gasteiger partial charge in [-0.2, -0.15) is 0 Å². The molecular formula is C18H12Cl3NS. The molecule has 0 aliphatic heterocycles. The van der Waals surface area contributed by atoms with Gasteiger partial charge >= 0.3 is 0 Å². The number of thioether (sulfide) groups is 1. The lowest BCUT2D eigenvalue weighted by molar-refractivity contribution is 1.11. The van der Waals surface area contributed by atoms with Gasteiger partial charge in [-0.25, -0.2) is 0 Å². The third-order valence-electron chi connectivity index (χ3n) is 3.31. The maximum Gasteiger partial charge on any atom is 0.0610 e. The average molecular weight is 381 g/mol. The van der Waals surface area contributed by atoms with Crippen LogP contribution in [-0.4, -0.2) is 4.98 Å². The second-order valence-electron chi connectivity index (χ2n) is 4.89. The highest BCUT2D eigenvalue weighted by Gasteiger charge is 2.19. The maximum atomic E-state index is 6.33. The minimum Gasteiger partial charge on any atom is -0.264 e. The van der Waals surface area contributed by atoms with Crippen molar-refractivity contribution >= 4 is 46.6 Å². The van der Waals surface area contributed by atoms with Crippen LogP contribution >= 0.6 is 46.6 Å². The van der Waals surface area contributed by atoms with E-state index in [2.05, 4.69) is 4.98 Å². The number of rotatable bonds is 4. The molecule has 0 amide bonds. The number of aromatic nitrogens is 1. The quantitative estimate of drug-likeness (QED) is 0.455. The minimum absolute atomic E-state index is 0.0263. The van der Waals surface area contributed by atoms with Crippen molar-refractivity contribution in [2.45, 2.75) is 10.1 Å². The molecule has 0 radical (unpaired) electrons. The number of pyridine rings is 1. The zero-order valence-corrected chi connectivity index (χ0v) is 15.0. The Morgan fingerprint density at radius 2 is 1.48 bits per heavy atom. The molecule has 0 saturated carbocycles. The molecule has 5 heteroatoms. The molecule has 0 fully saturated rings. The van der Waals surface area contributed by atoms with Gasteiger partial charge in [0.25, 0.3) is 0 Å². The Kier molecular flexibility index (Phi) is 5.50. The largest absolute Gasteiger partial charge is 0.264 e. The SMILES string of the molecule is Clc1ccc(C(Sc2c(Cl)cccc2Cl)c2cccnc2)cc1. The Hall–Kier alpha value is -1.19. The van der Waals surface area contributed by atoms with Gasteiger partial charge in [0.1, 0.15) is 0 Å². The molecule has 2 aromatic carbocycles. The van der Waals surface area contributed by atoms with E-state index < -0.39 is 0 Å². The summed E-state index contributed by atoms with van der Waals surface area (Å²) in [4.78, 5) is 5.09. The van der Waals surface area contributed by atoms with E-state index >= 15 is 0 Å². The van der Waals surface area contributed by atoms with Crippen LogP contribution < -0.4 is 0 Å². The topological polar surface area (TPSA) is 12.9 Å². The third kappa shape index (κ3) is 4.02. The lowest BCUT2D eigenvalue weighted by Crippen LogP contribution is -1.98. The van der Waals surface area contributed by atoms with Crippen LogP contribution in [0.4, 0.5) is 0 Å². The van der Waals surface area contributed by atoms with Crippen LogP contribution in [0, 0.1) is 0 Å². The normalized spacial score (nSPS) is 12.1. The van der Waals surface area contributed by atoms with Crippen molar-refractivity contribution in [1.82, 2.24) is 4.98 Å². The summed E-state index contributed by atoms with van der Waals surface area (Å²) in [7, 11) is 0. The first-order chi connectivity index (χ1) is 11.1. The van der Waals surface area contributed by atoms with E-state index in [0.717, 1.165) is 16.0 Å². The van der Waals surface area contributed by atoms with Crippen molar-refractivity contribution in [1.29, 1.82) is 0 Å². The number of hydrogen-bond acceptors (Lipinski definition) is 2. The highest BCUT2D eigenvalue weighted by Crippen LogP contribution is 2.45. The number of halogens is 3. The molecule has 0 spiro atoms. The predicted molar refractivity (Wildman–Crippen MR) is 99.9 cm³/mol. The summed E-state index contributed by atoms with van der Waals surface area (Å²) >= 11 is 20.3. The van der Waals surface area contributed by atoms with E-state index in [-0.39, 0.29) is 5.25 Å². The van der Waals surface area contributed by atoms with E-state index in [1.54, 1.807) is 18.0 Å². The van der Waals surface area contributed by atoms with Gasteiger partial charge in [0.2, 0.25) is 0 Å². The second kappa shape index (κ2) is 7.59. The molecule has 1 unspecified atom stereocenters. The first-order valence-corrected chi connectivity index (χ1v) is 8.92. The summed E-state index contributed by atoms with van der Waals surface area (Å²) in [5, 5.41) is 2.02. The van der Waals surface area contributed by atoms with Gasteiger partial charge in [0.05, 0.1) is 15.3 Å². The van der Waals surface area contributed by atoms with Crippen LogP contribution in [0.2, 0.25) is 15.1 Å². The van der Waals surface area contributed by atoms with E-state index in [4.69, 9.17) is 34.8 Å². The Balaban J connectivity index is 2.04. The summed E-state index contributed by atoms with van der Waals surface area (Å²) in [5.74, 6) is 0. The van der Waals surface area contributed by atoms with Crippen LogP contribution in [0.5, 0.6) is 0 Å². The average Bonchev–Trinajstić information content (AvgIpc) is 2.57. The first kappa shape index (κ1) is 16.7. The van der Waals surface area contributed by atoms with Crippen molar-refractivity contribution in [3.05, 3.63) is 93.2 Å². The molecule has 0 aliphatic carbocycles. The van der Waals surface area contributed by atoms with E-state index in [0.29, 0.717) is 15.1 Å². The number of nitrogens with zero attached hydrogens (tertiary/aromatic N) is 1. The maximum absolute atomic E-state index is 6.33. The van der Waals surface area contributed by atoms with Crippen molar-refractivity contribution in [2.24, 2.45) is 0 Å². The first-order valence-electron chi connectivity index (χ1n) is 6.91. The Morgan fingerprint density at radius 1 is 0.783 bits per heavy atom. The molecule has 3 aromatic rings. The lowest BCUT2D eigenvalue weighted by atomic mass is 10.1. The molecule has 116 valence electrons. The van der Waals surface area contributed by atoms with Gasteiger partial charge in [-0.15, -0.1) is 11.8 Å². The van der Waals surface area contributed by atoms with Crippen LogP contribution in [0.1, 0.15) is 16.4 Å². The molecule has 0 saturated heterocycles. The predicted octanol–water partition coefficient (Wildman–Crippen LogP) is 6.92. The van der Waals surface area contributed by atoms with Crippen LogP contribution in [0.15, 0.2) is 71.9 Å². The number of benzene rings is 2. The Labute approximate surface area is 154 Å². The summed E-state index contributed by atoms with van der Waals surface area (Å²) in [6.07, 6.45) is 3.62. The molecule has 0 bridgehead atoms. The van der Waals surface area contributed by atoms with Gasteiger partial charge in [0, 0.05) is 22.3 Å². The summed E-state index contributed by atoms with van der Waals surface area (Å²) in [5.41, 5.74) is 2.19. The minimum atomic E-state index is 0.0263. The molecule has 3 rings (SSSR count). The molecule has 1 nitrogen and oxygen atoms in total. The number of hydrogen-bond donors (Lipinski definition) is 0. The molecule has 1 atom stereocenters. The van der Waals surface area contributed by atoms with Gasteiger partial charge in [-0.05, 0) is 41.5 Å². The molecule has 1 aromatic heterocycles. The van der Waals surface area contributed by atoms with Gasteiger partial charge in [-0.1, -0.05) is 59.1 Å².